The summed E-state index contributed by atoms with van der Waals surface area (Å²) in [5, 5.41) is 4.14. The van der Waals surface area contributed by atoms with Crippen LogP contribution in [0.1, 0.15) is 12.8 Å². The molecule has 1 N–H and O–H groups in total. The molecule has 2 rings (SSSR count). The lowest BCUT2D eigenvalue weighted by molar-refractivity contribution is 0.120. The van der Waals surface area contributed by atoms with Crippen LogP contribution in [0, 0.1) is 0 Å². The Morgan fingerprint density at radius 3 is 2.88 bits per heavy atom. The summed E-state index contributed by atoms with van der Waals surface area (Å²) in [6.45, 7) is 1.75. The monoisotopic (exact) mass is 254 g/mol. The highest BCUT2D eigenvalue weighted by atomic mass is 35.5. The second-order valence-electron chi connectivity index (χ2n) is 4.58. The normalized spacial score (nSPS) is 19.4. The zero-order chi connectivity index (χ0) is 12.3. The largest absolute Gasteiger partial charge is 0.382 e. The van der Waals surface area contributed by atoms with Gasteiger partial charge in [-0.25, -0.2) is 0 Å². The van der Waals surface area contributed by atoms with Gasteiger partial charge in [0.25, 0.3) is 0 Å². The van der Waals surface area contributed by atoms with Crippen LogP contribution in [0.15, 0.2) is 18.2 Å². The van der Waals surface area contributed by atoms with Crippen molar-refractivity contribution in [2.75, 3.05) is 37.5 Å². The average Bonchev–Trinajstić information content (AvgIpc) is 2.78. The molecular formula is C13H19ClN2O. The van der Waals surface area contributed by atoms with Gasteiger partial charge in [0, 0.05) is 32.9 Å². The van der Waals surface area contributed by atoms with E-state index in [1.165, 1.54) is 6.42 Å². The Bertz CT molecular complexity index is 376. The van der Waals surface area contributed by atoms with Crippen LogP contribution in [0.5, 0.6) is 0 Å². The second kappa shape index (κ2) is 5.61. The Labute approximate surface area is 108 Å². The van der Waals surface area contributed by atoms with Crippen molar-refractivity contribution in [3.63, 3.8) is 0 Å². The number of nitrogens with one attached hydrogen (secondary N) is 1. The van der Waals surface area contributed by atoms with E-state index in [1.807, 2.05) is 31.1 Å². The highest BCUT2D eigenvalue weighted by Gasteiger charge is 2.14. The minimum Gasteiger partial charge on any atom is -0.382 e. The molecular weight excluding hydrogens is 236 g/mol. The summed E-state index contributed by atoms with van der Waals surface area (Å²) >= 11 is 6.21. The summed E-state index contributed by atoms with van der Waals surface area (Å²) in [7, 11) is 3.97. The van der Waals surface area contributed by atoms with Gasteiger partial charge in [-0.05, 0) is 31.0 Å². The fourth-order valence-electron chi connectivity index (χ4n) is 2.02. The topological polar surface area (TPSA) is 24.5 Å². The van der Waals surface area contributed by atoms with Crippen molar-refractivity contribution < 1.29 is 4.74 Å². The number of ether oxygens (including phenoxy) is 1. The van der Waals surface area contributed by atoms with E-state index in [9.17, 15) is 0 Å². The van der Waals surface area contributed by atoms with Crippen LogP contribution < -0.4 is 10.2 Å². The summed E-state index contributed by atoms with van der Waals surface area (Å²) in [6, 6.07) is 6.04. The van der Waals surface area contributed by atoms with Gasteiger partial charge in [0.05, 0.1) is 16.8 Å². The maximum atomic E-state index is 6.21. The maximum Gasteiger partial charge on any atom is 0.0748 e. The lowest BCUT2D eigenvalue weighted by atomic mass is 10.2. The van der Waals surface area contributed by atoms with Gasteiger partial charge in [-0.3, -0.25) is 0 Å². The Hall–Kier alpha value is -0.930. The van der Waals surface area contributed by atoms with Crippen molar-refractivity contribution in [3.05, 3.63) is 23.2 Å². The van der Waals surface area contributed by atoms with Crippen LogP contribution in [-0.4, -0.2) is 33.4 Å². The predicted molar refractivity (Wildman–Crippen MR) is 73.2 cm³/mol. The third-order valence-electron chi connectivity index (χ3n) is 2.99. The van der Waals surface area contributed by atoms with Crippen molar-refractivity contribution in [2.24, 2.45) is 0 Å². The van der Waals surface area contributed by atoms with E-state index in [1.54, 1.807) is 0 Å². The fourth-order valence-corrected chi connectivity index (χ4v) is 2.37. The van der Waals surface area contributed by atoms with Crippen molar-refractivity contribution in [3.8, 4) is 0 Å². The Kier molecular flexibility index (Phi) is 4.13. The van der Waals surface area contributed by atoms with Crippen molar-refractivity contribution in [2.45, 2.75) is 18.9 Å². The molecule has 0 amide bonds. The first-order valence-corrected chi connectivity index (χ1v) is 6.37. The highest BCUT2D eigenvalue weighted by molar-refractivity contribution is 6.33. The molecule has 1 aromatic carbocycles. The minimum atomic E-state index is 0.349. The predicted octanol–water partition coefficient (Wildman–Crippen LogP) is 3.00. The molecule has 0 radical (unpaired) electrons. The number of anilines is 2. The number of rotatable bonds is 4. The van der Waals surface area contributed by atoms with E-state index in [4.69, 9.17) is 16.3 Å². The Morgan fingerprint density at radius 1 is 1.47 bits per heavy atom. The molecule has 1 aliphatic heterocycles. The molecule has 94 valence electrons. The molecule has 1 unspecified atom stereocenters. The summed E-state index contributed by atoms with van der Waals surface area (Å²) in [5.41, 5.74) is 2.09. The zero-order valence-electron chi connectivity index (χ0n) is 10.4. The van der Waals surface area contributed by atoms with Crippen LogP contribution >= 0.6 is 11.6 Å². The summed E-state index contributed by atoms with van der Waals surface area (Å²) < 4.78 is 5.56. The quantitative estimate of drug-likeness (QED) is 0.894. The second-order valence-corrected chi connectivity index (χ2v) is 4.98. The molecule has 1 aromatic rings. The average molecular weight is 255 g/mol. The zero-order valence-corrected chi connectivity index (χ0v) is 11.1. The number of halogens is 1. The van der Waals surface area contributed by atoms with E-state index < -0.39 is 0 Å². The van der Waals surface area contributed by atoms with Crippen molar-refractivity contribution in [1.82, 2.24) is 0 Å². The summed E-state index contributed by atoms with van der Waals surface area (Å²) in [6.07, 6.45) is 2.67. The van der Waals surface area contributed by atoms with Gasteiger partial charge in [-0.15, -0.1) is 0 Å². The molecule has 4 heteroatoms. The van der Waals surface area contributed by atoms with E-state index in [0.29, 0.717) is 6.10 Å². The highest BCUT2D eigenvalue weighted by Crippen LogP contribution is 2.27. The third kappa shape index (κ3) is 3.27. The lowest BCUT2D eigenvalue weighted by Crippen LogP contribution is -2.18. The van der Waals surface area contributed by atoms with Gasteiger partial charge in [0.2, 0.25) is 0 Å². The van der Waals surface area contributed by atoms with Gasteiger partial charge in [-0.2, -0.15) is 0 Å². The molecule has 0 aliphatic carbocycles. The van der Waals surface area contributed by atoms with Gasteiger partial charge >= 0.3 is 0 Å². The molecule has 0 spiro atoms. The molecule has 0 bridgehead atoms. The first kappa shape index (κ1) is 12.5. The summed E-state index contributed by atoms with van der Waals surface area (Å²) in [5.74, 6) is 0. The van der Waals surface area contributed by atoms with Gasteiger partial charge in [-0.1, -0.05) is 11.6 Å². The van der Waals surface area contributed by atoms with E-state index >= 15 is 0 Å². The molecule has 1 heterocycles. The van der Waals surface area contributed by atoms with Crippen LogP contribution in [0.25, 0.3) is 0 Å². The smallest absolute Gasteiger partial charge is 0.0748 e. The Morgan fingerprint density at radius 2 is 2.29 bits per heavy atom. The third-order valence-corrected chi connectivity index (χ3v) is 3.29. The minimum absolute atomic E-state index is 0.349. The first-order chi connectivity index (χ1) is 8.16. The standard InChI is InChI=1S/C13H19ClN2O/c1-16(2)13-6-5-10(8-12(13)14)15-9-11-4-3-7-17-11/h5-6,8,11,15H,3-4,7,9H2,1-2H3. The van der Waals surface area contributed by atoms with Crippen molar-refractivity contribution >= 4 is 23.0 Å². The van der Waals surface area contributed by atoms with E-state index in [0.717, 1.165) is 36.0 Å². The molecule has 0 aromatic heterocycles. The van der Waals surface area contributed by atoms with Crippen LogP contribution in [0.2, 0.25) is 5.02 Å². The number of nitrogens with zero attached hydrogens (tertiary/aromatic N) is 1. The molecule has 1 fully saturated rings. The van der Waals surface area contributed by atoms with Gasteiger partial charge < -0.3 is 15.0 Å². The SMILES string of the molecule is CN(C)c1ccc(NCC2CCCO2)cc1Cl. The van der Waals surface area contributed by atoms with Gasteiger partial charge in [0.15, 0.2) is 0 Å². The Balaban J connectivity index is 1.94. The van der Waals surface area contributed by atoms with Crippen LogP contribution in [0.3, 0.4) is 0 Å². The lowest BCUT2D eigenvalue weighted by Gasteiger charge is -2.16. The van der Waals surface area contributed by atoms with Crippen LogP contribution in [-0.2, 0) is 4.74 Å². The molecule has 0 saturated carbocycles. The number of hydrogen-bond acceptors (Lipinski definition) is 3. The molecule has 1 aliphatic rings. The molecule has 3 nitrogen and oxygen atoms in total. The first-order valence-electron chi connectivity index (χ1n) is 5.99. The van der Waals surface area contributed by atoms with E-state index in [2.05, 4.69) is 11.4 Å². The number of hydrogen-bond donors (Lipinski definition) is 1. The fraction of sp³-hybridized carbons (Fsp3) is 0.538. The molecule has 17 heavy (non-hydrogen) atoms. The molecule has 1 atom stereocenters. The number of benzene rings is 1. The molecule has 1 saturated heterocycles. The summed E-state index contributed by atoms with van der Waals surface area (Å²) in [4.78, 5) is 2.01. The van der Waals surface area contributed by atoms with Crippen molar-refractivity contribution in [1.29, 1.82) is 0 Å². The maximum absolute atomic E-state index is 6.21. The van der Waals surface area contributed by atoms with Crippen LogP contribution in [0.4, 0.5) is 11.4 Å². The van der Waals surface area contributed by atoms with Gasteiger partial charge in [0.1, 0.15) is 0 Å². The van der Waals surface area contributed by atoms with E-state index in [-0.39, 0.29) is 0 Å².